The topological polar surface area (TPSA) is 48.1 Å². The molecule has 0 spiro atoms. The Balaban J connectivity index is 1.27. The first-order valence-corrected chi connectivity index (χ1v) is 19.7. The molecule has 0 aliphatic heterocycles. The number of benzene rings is 3. The molecular weight excluding hydrogens is 585 g/mol. The predicted molar refractivity (Wildman–Crippen MR) is 212 cm³/mol. The molecule has 4 nitrogen and oxygen atoms in total. The third kappa shape index (κ3) is 17.2. The quantitative estimate of drug-likeness (QED) is 0.0589. The van der Waals surface area contributed by atoms with E-state index in [1.807, 2.05) is 0 Å². The van der Waals surface area contributed by atoms with E-state index in [4.69, 9.17) is 0 Å². The lowest BCUT2D eigenvalue weighted by Gasteiger charge is -2.10. The van der Waals surface area contributed by atoms with Crippen molar-refractivity contribution < 1.29 is 0 Å². The molecule has 4 heteroatoms. The van der Waals surface area contributed by atoms with Crippen LogP contribution in [0.5, 0.6) is 0 Å². The molecule has 0 saturated carbocycles. The van der Waals surface area contributed by atoms with Crippen LogP contribution in [0.4, 0.5) is 0 Å². The predicted octanol–water partition coefficient (Wildman–Crippen LogP) is 10.4. The fraction of sp³-hybridized carbons (Fsp3) is 0.591. The second kappa shape index (κ2) is 25.5. The van der Waals surface area contributed by atoms with E-state index < -0.39 is 0 Å². The van der Waals surface area contributed by atoms with Gasteiger partial charge in [0.1, 0.15) is 0 Å². The van der Waals surface area contributed by atoms with Gasteiger partial charge in [-0.1, -0.05) is 146 Å². The first-order valence-electron chi connectivity index (χ1n) is 19.7. The Labute approximate surface area is 295 Å². The first-order chi connectivity index (χ1) is 23.6. The molecule has 266 valence electrons. The van der Waals surface area contributed by atoms with Crippen LogP contribution in [0.25, 0.3) is 22.3 Å². The second-order valence-electron chi connectivity index (χ2n) is 14.3. The van der Waals surface area contributed by atoms with E-state index in [0.29, 0.717) is 0 Å². The highest BCUT2D eigenvalue weighted by Crippen LogP contribution is 2.27. The molecule has 2 atom stereocenters. The summed E-state index contributed by atoms with van der Waals surface area (Å²) in [4.78, 5) is 0. The molecule has 0 fully saturated rings. The van der Waals surface area contributed by atoms with Gasteiger partial charge in [0.2, 0.25) is 0 Å². The summed E-state index contributed by atoms with van der Waals surface area (Å²) in [5, 5.41) is 14.5. The zero-order valence-corrected chi connectivity index (χ0v) is 31.2. The minimum Gasteiger partial charge on any atom is -0.317 e. The summed E-state index contributed by atoms with van der Waals surface area (Å²) in [6.45, 7) is 17.9. The van der Waals surface area contributed by atoms with Gasteiger partial charge in [0, 0.05) is 13.1 Å². The highest BCUT2D eigenvalue weighted by molar-refractivity contribution is 5.73. The molecule has 0 aliphatic carbocycles. The van der Waals surface area contributed by atoms with Gasteiger partial charge < -0.3 is 21.3 Å². The SMILES string of the molecule is CCC(C)CCCCCNCCCNCc1ccc(-c2cccc(-c3ccc(CNCCCCCCCNCC(C)CC)cc3)c2)cc1. The van der Waals surface area contributed by atoms with Crippen LogP contribution in [0.2, 0.25) is 0 Å². The van der Waals surface area contributed by atoms with Crippen molar-refractivity contribution in [2.45, 2.75) is 118 Å². The summed E-state index contributed by atoms with van der Waals surface area (Å²) in [5.74, 6) is 1.69. The maximum atomic E-state index is 3.64. The van der Waals surface area contributed by atoms with Crippen molar-refractivity contribution in [3.8, 4) is 22.3 Å². The molecule has 4 N–H and O–H groups in total. The van der Waals surface area contributed by atoms with E-state index in [-0.39, 0.29) is 0 Å². The summed E-state index contributed by atoms with van der Waals surface area (Å²) < 4.78 is 0. The van der Waals surface area contributed by atoms with Crippen molar-refractivity contribution in [1.29, 1.82) is 0 Å². The average molecular weight is 655 g/mol. The van der Waals surface area contributed by atoms with E-state index in [2.05, 4.69) is 122 Å². The van der Waals surface area contributed by atoms with Gasteiger partial charge in [0.05, 0.1) is 0 Å². The largest absolute Gasteiger partial charge is 0.317 e. The van der Waals surface area contributed by atoms with Crippen LogP contribution in [0.15, 0.2) is 72.8 Å². The Morgan fingerprint density at radius 1 is 0.438 bits per heavy atom. The maximum absolute atomic E-state index is 3.64. The lowest BCUT2D eigenvalue weighted by Crippen LogP contribution is -2.22. The lowest BCUT2D eigenvalue weighted by atomic mass is 9.98. The van der Waals surface area contributed by atoms with Crippen LogP contribution in [0.1, 0.15) is 116 Å². The fourth-order valence-electron chi connectivity index (χ4n) is 6.08. The van der Waals surface area contributed by atoms with Crippen molar-refractivity contribution in [1.82, 2.24) is 21.3 Å². The van der Waals surface area contributed by atoms with Crippen molar-refractivity contribution >= 4 is 0 Å². The minimum absolute atomic E-state index is 0.798. The van der Waals surface area contributed by atoms with Crippen LogP contribution in [-0.2, 0) is 13.1 Å². The van der Waals surface area contributed by atoms with Crippen LogP contribution >= 0.6 is 0 Å². The molecule has 0 amide bonds. The molecule has 3 aromatic carbocycles. The van der Waals surface area contributed by atoms with Crippen molar-refractivity contribution in [2.75, 3.05) is 39.3 Å². The number of rotatable bonds is 28. The Bertz CT molecular complexity index is 1100. The average Bonchev–Trinajstić information content (AvgIpc) is 3.13. The van der Waals surface area contributed by atoms with Crippen LogP contribution < -0.4 is 21.3 Å². The van der Waals surface area contributed by atoms with Crippen molar-refractivity contribution in [2.24, 2.45) is 11.8 Å². The molecular formula is C44H70N4. The van der Waals surface area contributed by atoms with Crippen LogP contribution in [0.3, 0.4) is 0 Å². The molecule has 3 rings (SSSR count). The lowest BCUT2D eigenvalue weighted by molar-refractivity contribution is 0.472. The Morgan fingerprint density at radius 2 is 0.896 bits per heavy atom. The monoisotopic (exact) mass is 655 g/mol. The van der Waals surface area contributed by atoms with Gasteiger partial charge in [0.25, 0.3) is 0 Å². The van der Waals surface area contributed by atoms with Gasteiger partial charge >= 0.3 is 0 Å². The van der Waals surface area contributed by atoms with Gasteiger partial charge in [-0.05, 0) is 116 Å². The molecule has 0 heterocycles. The normalized spacial score (nSPS) is 12.8. The third-order valence-electron chi connectivity index (χ3n) is 9.95. The van der Waals surface area contributed by atoms with Crippen LogP contribution in [0, 0.1) is 11.8 Å². The van der Waals surface area contributed by atoms with Gasteiger partial charge in [-0.25, -0.2) is 0 Å². The third-order valence-corrected chi connectivity index (χ3v) is 9.95. The van der Waals surface area contributed by atoms with Gasteiger partial charge in [-0.15, -0.1) is 0 Å². The minimum atomic E-state index is 0.798. The standard InChI is InChI=1S/C44H70N4/c1-5-37(3)17-11-10-14-28-45-31-16-32-48-36-40-22-26-42(27-23-40)44-19-15-18-43(33-44)41-24-20-39(21-25-41)35-47-30-13-9-7-8-12-29-46-34-38(4)6-2/h15,18-27,33,37-38,45-48H,5-14,16-17,28-32,34-36H2,1-4H3. The van der Waals surface area contributed by atoms with E-state index >= 15 is 0 Å². The molecule has 0 radical (unpaired) electrons. The van der Waals surface area contributed by atoms with Crippen molar-refractivity contribution in [3.63, 3.8) is 0 Å². The number of hydrogen-bond acceptors (Lipinski definition) is 4. The maximum Gasteiger partial charge on any atom is 0.0205 e. The first kappa shape index (κ1) is 39.9. The summed E-state index contributed by atoms with van der Waals surface area (Å²) in [7, 11) is 0. The molecule has 0 aliphatic rings. The van der Waals surface area contributed by atoms with E-state index in [1.165, 1.54) is 124 Å². The van der Waals surface area contributed by atoms with Gasteiger partial charge in [-0.2, -0.15) is 0 Å². The second-order valence-corrected chi connectivity index (χ2v) is 14.3. The smallest absolute Gasteiger partial charge is 0.0205 e. The summed E-state index contributed by atoms with van der Waals surface area (Å²) in [6.07, 6.45) is 15.8. The highest BCUT2D eigenvalue weighted by Gasteiger charge is 2.04. The summed E-state index contributed by atoms with van der Waals surface area (Å²) in [6, 6.07) is 27.1. The molecule has 48 heavy (non-hydrogen) atoms. The Morgan fingerprint density at radius 3 is 1.46 bits per heavy atom. The summed E-state index contributed by atoms with van der Waals surface area (Å²) >= 11 is 0. The Hall–Kier alpha value is -2.50. The summed E-state index contributed by atoms with van der Waals surface area (Å²) in [5.41, 5.74) is 7.78. The van der Waals surface area contributed by atoms with E-state index in [1.54, 1.807) is 0 Å². The van der Waals surface area contributed by atoms with Gasteiger partial charge in [-0.3, -0.25) is 0 Å². The van der Waals surface area contributed by atoms with Crippen molar-refractivity contribution in [3.05, 3.63) is 83.9 Å². The number of hydrogen-bond donors (Lipinski definition) is 4. The van der Waals surface area contributed by atoms with Crippen LogP contribution in [-0.4, -0.2) is 39.3 Å². The molecule has 0 saturated heterocycles. The molecule has 0 bridgehead atoms. The number of unbranched alkanes of at least 4 members (excludes halogenated alkanes) is 6. The molecule has 2 unspecified atom stereocenters. The molecule has 3 aromatic rings. The Kier molecular flexibility index (Phi) is 21.2. The van der Waals surface area contributed by atoms with E-state index in [9.17, 15) is 0 Å². The zero-order chi connectivity index (χ0) is 34.1. The number of nitrogens with one attached hydrogen (secondary N) is 4. The fourth-order valence-corrected chi connectivity index (χ4v) is 6.08. The zero-order valence-electron chi connectivity index (χ0n) is 31.2. The highest BCUT2D eigenvalue weighted by atomic mass is 14.9. The van der Waals surface area contributed by atoms with E-state index in [0.717, 1.165) is 51.1 Å². The molecule has 0 aromatic heterocycles. The van der Waals surface area contributed by atoms with Gasteiger partial charge in [0.15, 0.2) is 0 Å².